The van der Waals surface area contributed by atoms with E-state index in [2.05, 4.69) is 104 Å². The van der Waals surface area contributed by atoms with Crippen LogP contribution in [-0.2, 0) is 51.4 Å². The lowest BCUT2D eigenvalue weighted by molar-refractivity contribution is 0.419. The van der Waals surface area contributed by atoms with Crippen LogP contribution in [0.3, 0.4) is 0 Å². The maximum Gasteiger partial charge on any atom is 0.498 e. The van der Waals surface area contributed by atoms with Crippen LogP contribution in [0.1, 0.15) is 276 Å². The summed E-state index contributed by atoms with van der Waals surface area (Å²) in [6, 6.07) is 18.8. The molecule has 12 heteroatoms. The lowest BCUT2D eigenvalue weighted by Gasteiger charge is -2.17. The summed E-state index contributed by atoms with van der Waals surface area (Å²) in [4.78, 5) is 62.5. The summed E-state index contributed by atoms with van der Waals surface area (Å²) in [5.41, 5.74) is 15.3. The van der Waals surface area contributed by atoms with Gasteiger partial charge in [0.1, 0.15) is 0 Å². The number of rotatable bonds is 32. The van der Waals surface area contributed by atoms with Gasteiger partial charge in [0.25, 0.3) is 0 Å². The Kier molecular flexibility index (Phi) is 22.0. The first-order chi connectivity index (χ1) is 40.6. The van der Waals surface area contributed by atoms with Gasteiger partial charge in [-0.25, -0.2) is 30.0 Å². The van der Waals surface area contributed by atoms with Crippen molar-refractivity contribution in [2.24, 2.45) is 30.0 Å². The van der Waals surface area contributed by atoms with Crippen LogP contribution in [-0.4, -0.2) is 47.3 Å². The molecule has 2 aromatic heterocycles. The molecule has 6 bridgehead atoms. The molecule has 0 spiro atoms. The van der Waals surface area contributed by atoms with Crippen molar-refractivity contribution in [1.82, 2.24) is 8.68 Å². The van der Waals surface area contributed by atoms with E-state index < -0.39 is 8.02 Å². The predicted molar refractivity (Wildman–Crippen MR) is 354 cm³/mol. The largest absolute Gasteiger partial charge is 0.870 e. The summed E-state index contributed by atoms with van der Waals surface area (Å²) < 4.78 is 3.42. The van der Waals surface area contributed by atoms with E-state index in [1.807, 2.05) is 0 Å². The fraction of sp³-hybridized carbons (Fsp3) is 0.556. The minimum absolute atomic E-state index is 0. The van der Waals surface area contributed by atoms with Crippen LogP contribution < -0.4 is 11.0 Å². The summed E-state index contributed by atoms with van der Waals surface area (Å²) >= 11 is 0. The third-order valence-electron chi connectivity index (χ3n) is 18.3. The quantitative estimate of drug-likeness (QED) is 0.0319. The number of benzene rings is 4. The molecule has 11 nitrogen and oxygen atoms in total. The lowest BCUT2D eigenvalue weighted by Crippen LogP contribution is -2.33. The first-order valence-corrected chi connectivity index (χ1v) is 35.1. The molecule has 4 aromatic carbocycles. The predicted octanol–water partition coefficient (Wildman–Crippen LogP) is 18.3. The zero-order valence-corrected chi connectivity index (χ0v) is 53.5. The van der Waals surface area contributed by atoms with Crippen LogP contribution in [0.2, 0.25) is 0 Å². The lowest BCUT2D eigenvalue weighted by atomic mass is 9.92. The number of nitrogens with zero attached hydrogens (tertiary/aromatic N) is 8. The molecule has 0 aliphatic carbocycles. The molecule has 84 heavy (non-hydrogen) atoms. The normalized spacial score (nSPS) is 14.4. The Morgan fingerprint density at radius 1 is 0.286 bits per heavy atom. The van der Waals surface area contributed by atoms with E-state index in [4.69, 9.17) is 30.0 Å². The zero-order chi connectivity index (χ0) is 58.0. The van der Waals surface area contributed by atoms with Gasteiger partial charge in [-0.3, -0.25) is 0 Å². The molecular weight excluding hydrogens is 1060 g/mol. The van der Waals surface area contributed by atoms with E-state index in [-0.39, 0.29) is 5.48 Å². The van der Waals surface area contributed by atoms with E-state index in [0.717, 1.165) is 224 Å². The van der Waals surface area contributed by atoms with Gasteiger partial charge in [-0.05, 0) is 196 Å². The van der Waals surface area contributed by atoms with Crippen LogP contribution in [0.15, 0.2) is 78.5 Å². The number of amidine groups is 4. The first kappa shape index (κ1) is 63.1. The average Bonchev–Trinajstić information content (AvgIpc) is 1.90. The van der Waals surface area contributed by atoms with Gasteiger partial charge < -0.3 is 5.48 Å². The van der Waals surface area contributed by atoms with Gasteiger partial charge in [0.05, 0.1) is 0 Å². The van der Waals surface area contributed by atoms with E-state index in [1.165, 1.54) is 70.2 Å². The molecule has 3 N–H and O–H groups in total. The van der Waals surface area contributed by atoms with E-state index in [9.17, 15) is 9.79 Å². The number of hydrogen-bond acceptors (Lipinski definition) is 9. The first-order valence-electron chi connectivity index (χ1n) is 33.5. The van der Waals surface area contributed by atoms with Crippen LogP contribution >= 0.6 is 8.02 Å². The average molecular weight is 1160 g/mol. The molecule has 0 atom stereocenters. The highest BCUT2D eigenvalue weighted by Gasteiger charge is 2.50. The number of aryl methyl sites for hydroxylation is 8. The van der Waals surface area contributed by atoms with Crippen LogP contribution in [0.5, 0.6) is 0 Å². The number of fused-ring (bicyclic) bond motifs is 14. The van der Waals surface area contributed by atoms with Crippen molar-refractivity contribution in [2.75, 3.05) is 0 Å². The van der Waals surface area contributed by atoms with Crippen molar-refractivity contribution in [3.63, 3.8) is 0 Å². The summed E-state index contributed by atoms with van der Waals surface area (Å²) in [5, 5.41) is 3.38. The fourth-order valence-corrected chi connectivity index (χ4v) is 15.3. The Balaban J connectivity index is 0.00000846. The Bertz CT molecular complexity index is 3350. The van der Waals surface area contributed by atoms with Gasteiger partial charge in [-0.1, -0.05) is 158 Å². The maximum atomic E-state index is 14.2. The number of unbranched alkanes of at least 4 members (excludes halogenated alkanes) is 16. The molecule has 0 unspecified atom stereocenters. The second-order valence-corrected chi connectivity index (χ2v) is 26.6. The summed E-state index contributed by atoms with van der Waals surface area (Å²) in [6.07, 6.45) is 34.8. The molecule has 10 rings (SSSR count). The number of hydrogen-bond donors (Lipinski definition) is 2. The Morgan fingerprint density at radius 3 is 0.762 bits per heavy atom. The maximum absolute atomic E-state index is 14.2. The van der Waals surface area contributed by atoms with Crippen LogP contribution in [0.4, 0.5) is 11.6 Å². The van der Waals surface area contributed by atoms with E-state index >= 15 is 0 Å². The van der Waals surface area contributed by atoms with Gasteiger partial charge in [-0.15, -0.1) is 8.68 Å². The second kappa shape index (κ2) is 29.3. The Labute approximate surface area is 503 Å². The smallest absolute Gasteiger partial charge is 0.498 e. The minimum Gasteiger partial charge on any atom is -0.870 e. The molecule has 6 heterocycles. The third-order valence-corrected chi connectivity index (χ3v) is 20.1. The molecule has 0 amide bonds. The summed E-state index contributed by atoms with van der Waals surface area (Å²) in [5.74, 6) is 3.10. The van der Waals surface area contributed by atoms with Gasteiger partial charge in [-0.2, -0.15) is 9.79 Å². The van der Waals surface area contributed by atoms with Crippen molar-refractivity contribution >= 4 is 64.5 Å². The van der Waals surface area contributed by atoms with Crippen molar-refractivity contribution < 1.29 is 15.3 Å². The minimum atomic E-state index is -4.66. The van der Waals surface area contributed by atoms with Crippen LogP contribution in [0.25, 0.3) is 21.5 Å². The van der Waals surface area contributed by atoms with Gasteiger partial charge in [0, 0.05) is 43.8 Å². The molecule has 6 aromatic rings. The molecule has 4 aliphatic rings. The molecule has 450 valence electrons. The summed E-state index contributed by atoms with van der Waals surface area (Å²) in [7, 11) is -4.66. The van der Waals surface area contributed by atoms with Crippen molar-refractivity contribution in [3.8, 4) is 0 Å². The van der Waals surface area contributed by atoms with Gasteiger partial charge >= 0.3 is 8.02 Å². The van der Waals surface area contributed by atoms with E-state index in [0.29, 0.717) is 46.0 Å². The zero-order valence-electron chi connectivity index (χ0n) is 52.6. The highest BCUT2D eigenvalue weighted by molar-refractivity contribution is 7.61. The second-order valence-electron chi connectivity index (χ2n) is 24.7. The number of aromatic nitrogens is 2. The monoisotopic (exact) mass is 1150 g/mol. The van der Waals surface area contributed by atoms with Crippen molar-refractivity contribution in [3.05, 3.63) is 126 Å². The third kappa shape index (κ3) is 13.1. The van der Waals surface area contributed by atoms with Gasteiger partial charge in [0.15, 0.2) is 46.0 Å². The summed E-state index contributed by atoms with van der Waals surface area (Å²) in [6.45, 7) is 18.2. The molecular formula is C72H99N8O3P. The highest BCUT2D eigenvalue weighted by Crippen LogP contribution is 2.61. The van der Waals surface area contributed by atoms with Gasteiger partial charge in [0.2, 0.25) is 0 Å². The topological polar surface area (TPSA) is 154 Å². The fourth-order valence-electron chi connectivity index (χ4n) is 13.5. The van der Waals surface area contributed by atoms with E-state index in [1.54, 1.807) is 8.68 Å². The molecule has 0 saturated heterocycles. The molecule has 0 radical (unpaired) electrons. The van der Waals surface area contributed by atoms with Crippen molar-refractivity contribution in [2.45, 2.75) is 261 Å². The van der Waals surface area contributed by atoms with Crippen LogP contribution in [0, 0.1) is 0 Å². The standard InChI is InChI=1S/C72H98N8O2P.H2O/c1-9-17-25-33-49-41-57-58(42-50(49)34-26-18-10-2)66-73-65(57)75-69-61-45-53(37-29-21-13-5)54(38-30-22-14-6)46-62(61)71-77-67-59-43-51(35-27-19-11-3)52(36-28-20-12-4)44-60(59)68(74-67)78-72-64-48-56(40-32-24-16-8)55(39-31-23-15-7)47-63(64)70(76-66)80(72)83(81,82)79(69)71;/h41-48,81-82H,9-40H2,1-8H3;1H2/q+1;/p-1. The molecule has 0 saturated carbocycles. The Hall–Kier alpha value is -5.45. The van der Waals surface area contributed by atoms with Crippen molar-refractivity contribution in [1.29, 1.82) is 0 Å². The molecule has 4 aliphatic heterocycles. The highest BCUT2D eigenvalue weighted by atomic mass is 31.2. The SMILES string of the molecule is CCCCCc1cc2c(cc1CCCCC)C1=Nc3c4cc(CCCCC)c(CCCCC)cc4c4n3[P+](O)(O)n3c(c5cc(CCCCC)c(CCCCC)cc5c3=NC3=NC(=N4)c4cc(CCCCC)c(CCCCC)cc43)=NC2=N1.[OH-]. The number of aliphatic imine (C=N–C) groups is 4. The Morgan fingerprint density at radius 2 is 0.512 bits per heavy atom. The molecule has 0 fully saturated rings.